The van der Waals surface area contributed by atoms with E-state index in [0.29, 0.717) is 0 Å². The number of rotatable bonds is 1. The van der Waals surface area contributed by atoms with Gasteiger partial charge in [-0.3, -0.25) is 0 Å². The first-order chi connectivity index (χ1) is 6.66. The molecule has 0 aromatic carbocycles. The molecule has 78 valence electrons. The summed E-state index contributed by atoms with van der Waals surface area (Å²) in [7, 11) is 0. The third-order valence-corrected chi connectivity index (χ3v) is 2.48. The van der Waals surface area contributed by atoms with E-state index < -0.39 is 24.4 Å². The lowest BCUT2D eigenvalue weighted by Gasteiger charge is -2.34. The first-order valence-corrected chi connectivity index (χ1v) is 4.21. The molecule has 0 spiro atoms. The number of nitrogens with zero attached hydrogens (tertiary/aromatic N) is 3. The highest BCUT2D eigenvalue weighted by atomic mass is 16.4. The molecule has 0 unspecified atom stereocenters. The fraction of sp³-hybridized carbons (Fsp3) is 0.714. The molecular weight excluding hydrogens is 190 g/mol. The summed E-state index contributed by atoms with van der Waals surface area (Å²) in [4.78, 5) is 0. The fourth-order valence-electron chi connectivity index (χ4n) is 1.65. The SMILES string of the molecule is OC[C@@H]1[C@@H](O)[C@H](O)[C@H](O)c2nncn21. The molecule has 1 aliphatic heterocycles. The second kappa shape index (κ2) is 3.28. The van der Waals surface area contributed by atoms with Gasteiger partial charge in [0.25, 0.3) is 0 Å². The Kier molecular flexibility index (Phi) is 2.23. The van der Waals surface area contributed by atoms with Gasteiger partial charge in [0.2, 0.25) is 0 Å². The Morgan fingerprint density at radius 3 is 2.64 bits per heavy atom. The predicted molar refractivity (Wildman–Crippen MR) is 43.1 cm³/mol. The monoisotopic (exact) mass is 201 g/mol. The molecule has 2 heterocycles. The van der Waals surface area contributed by atoms with Crippen molar-refractivity contribution >= 4 is 0 Å². The molecule has 0 bridgehead atoms. The van der Waals surface area contributed by atoms with Gasteiger partial charge in [0.1, 0.15) is 24.6 Å². The Balaban J connectivity index is 2.44. The van der Waals surface area contributed by atoms with Crippen LogP contribution in [-0.2, 0) is 0 Å². The average Bonchev–Trinajstić information content (AvgIpc) is 2.64. The molecule has 7 heteroatoms. The Hall–Kier alpha value is -1.02. The molecule has 0 aliphatic carbocycles. The Morgan fingerprint density at radius 2 is 2.00 bits per heavy atom. The van der Waals surface area contributed by atoms with Gasteiger partial charge in [0, 0.05) is 0 Å². The summed E-state index contributed by atoms with van der Waals surface area (Å²) in [6.45, 7) is -0.351. The van der Waals surface area contributed by atoms with Gasteiger partial charge in [-0.1, -0.05) is 0 Å². The van der Waals surface area contributed by atoms with Gasteiger partial charge in [-0.2, -0.15) is 0 Å². The van der Waals surface area contributed by atoms with Crippen LogP contribution in [0.1, 0.15) is 18.0 Å². The topological polar surface area (TPSA) is 112 Å². The third kappa shape index (κ3) is 1.14. The summed E-state index contributed by atoms with van der Waals surface area (Å²) in [6, 6.07) is -0.710. The number of fused-ring (bicyclic) bond motifs is 1. The molecule has 0 saturated carbocycles. The fourth-order valence-corrected chi connectivity index (χ4v) is 1.65. The summed E-state index contributed by atoms with van der Waals surface area (Å²) < 4.78 is 1.36. The zero-order valence-corrected chi connectivity index (χ0v) is 7.22. The average molecular weight is 201 g/mol. The van der Waals surface area contributed by atoms with Crippen LogP contribution in [0.2, 0.25) is 0 Å². The van der Waals surface area contributed by atoms with E-state index in [-0.39, 0.29) is 12.4 Å². The van der Waals surface area contributed by atoms with E-state index in [4.69, 9.17) is 5.11 Å². The van der Waals surface area contributed by atoms with Crippen LogP contribution in [0.5, 0.6) is 0 Å². The van der Waals surface area contributed by atoms with Crippen molar-refractivity contribution in [1.29, 1.82) is 0 Å². The lowest BCUT2D eigenvalue weighted by Crippen LogP contribution is -2.46. The highest BCUT2D eigenvalue weighted by Gasteiger charge is 2.41. The van der Waals surface area contributed by atoms with Crippen LogP contribution in [0.4, 0.5) is 0 Å². The van der Waals surface area contributed by atoms with Crippen molar-refractivity contribution in [3.05, 3.63) is 12.2 Å². The maximum absolute atomic E-state index is 9.53. The first-order valence-electron chi connectivity index (χ1n) is 4.21. The lowest BCUT2D eigenvalue weighted by atomic mass is 9.96. The molecular formula is C7H11N3O4. The zero-order chi connectivity index (χ0) is 10.3. The maximum atomic E-state index is 9.53. The summed E-state index contributed by atoms with van der Waals surface area (Å²) in [5.74, 6) is 0.154. The Bertz CT molecular complexity index is 328. The molecule has 0 amide bonds. The van der Waals surface area contributed by atoms with Gasteiger partial charge in [-0.25, -0.2) is 0 Å². The normalized spacial score (nSPS) is 36.9. The maximum Gasteiger partial charge on any atom is 0.164 e. The molecule has 1 aliphatic rings. The Labute approximate surface area is 79.3 Å². The van der Waals surface area contributed by atoms with Crippen LogP contribution in [-0.4, -0.2) is 54.0 Å². The molecule has 0 fully saturated rings. The molecule has 0 saturated heterocycles. The third-order valence-electron chi connectivity index (χ3n) is 2.48. The van der Waals surface area contributed by atoms with E-state index in [2.05, 4.69) is 10.2 Å². The van der Waals surface area contributed by atoms with Crippen molar-refractivity contribution in [3.63, 3.8) is 0 Å². The second-order valence-electron chi connectivity index (χ2n) is 3.27. The van der Waals surface area contributed by atoms with Crippen LogP contribution in [0.3, 0.4) is 0 Å². The standard InChI is InChI=1S/C7H11N3O4/c11-1-3-4(12)5(13)6(14)7-9-8-2-10(3)7/h2-6,11-14H,1H2/t3-,4-,5+,6+/m1/s1. The smallest absolute Gasteiger partial charge is 0.164 e. The minimum Gasteiger partial charge on any atom is -0.394 e. The molecule has 0 radical (unpaired) electrons. The number of aromatic nitrogens is 3. The molecule has 7 nitrogen and oxygen atoms in total. The van der Waals surface area contributed by atoms with Crippen molar-refractivity contribution in [1.82, 2.24) is 14.8 Å². The number of aliphatic hydroxyl groups excluding tert-OH is 4. The van der Waals surface area contributed by atoms with Gasteiger partial charge in [0.15, 0.2) is 5.82 Å². The van der Waals surface area contributed by atoms with Gasteiger partial charge >= 0.3 is 0 Å². The van der Waals surface area contributed by atoms with Gasteiger partial charge < -0.3 is 25.0 Å². The molecule has 4 atom stereocenters. The van der Waals surface area contributed by atoms with Crippen LogP contribution in [0, 0.1) is 0 Å². The largest absolute Gasteiger partial charge is 0.394 e. The van der Waals surface area contributed by atoms with Crippen LogP contribution in [0.25, 0.3) is 0 Å². The van der Waals surface area contributed by atoms with E-state index >= 15 is 0 Å². The van der Waals surface area contributed by atoms with E-state index in [9.17, 15) is 15.3 Å². The number of hydrogen-bond donors (Lipinski definition) is 4. The van der Waals surface area contributed by atoms with E-state index in [1.807, 2.05) is 0 Å². The molecule has 1 aromatic rings. The molecule has 14 heavy (non-hydrogen) atoms. The quantitative estimate of drug-likeness (QED) is 0.402. The van der Waals surface area contributed by atoms with Crippen LogP contribution in [0.15, 0.2) is 6.33 Å². The molecule has 2 rings (SSSR count). The summed E-state index contributed by atoms with van der Waals surface area (Å²) in [5.41, 5.74) is 0. The zero-order valence-electron chi connectivity index (χ0n) is 7.22. The molecule has 1 aromatic heterocycles. The van der Waals surface area contributed by atoms with Crippen molar-refractivity contribution < 1.29 is 20.4 Å². The number of aliphatic hydroxyl groups is 4. The Morgan fingerprint density at radius 1 is 1.29 bits per heavy atom. The summed E-state index contributed by atoms with van der Waals surface area (Å²) in [5, 5.41) is 44.6. The summed E-state index contributed by atoms with van der Waals surface area (Å²) in [6.07, 6.45) is -2.54. The van der Waals surface area contributed by atoms with Crippen molar-refractivity contribution in [3.8, 4) is 0 Å². The minimum absolute atomic E-state index is 0.154. The molecule has 4 N–H and O–H groups in total. The van der Waals surface area contributed by atoms with Crippen LogP contribution >= 0.6 is 0 Å². The minimum atomic E-state index is -1.34. The predicted octanol–water partition coefficient (Wildman–Crippen LogP) is -2.42. The van der Waals surface area contributed by atoms with Gasteiger partial charge in [-0.15, -0.1) is 10.2 Å². The van der Waals surface area contributed by atoms with E-state index in [1.54, 1.807) is 0 Å². The van der Waals surface area contributed by atoms with Gasteiger partial charge in [0.05, 0.1) is 12.6 Å². The van der Waals surface area contributed by atoms with E-state index in [0.717, 1.165) is 0 Å². The lowest BCUT2D eigenvalue weighted by molar-refractivity contribution is -0.108. The van der Waals surface area contributed by atoms with Crippen molar-refractivity contribution in [2.24, 2.45) is 0 Å². The van der Waals surface area contributed by atoms with E-state index in [1.165, 1.54) is 10.9 Å². The van der Waals surface area contributed by atoms with Gasteiger partial charge in [-0.05, 0) is 0 Å². The summed E-state index contributed by atoms with van der Waals surface area (Å²) >= 11 is 0. The van der Waals surface area contributed by atoms with Crippen molar-refractivity contribution in [2.45, 2.75) is 24.4 Å². The highest BCUT2D eigenvalue weighted by molar-refractivity contribution is 5.05. The first kappa shape index (κ1) is 9.53. The highest BCUT2D eigenvalue weighted by Crippen LogP contribution is 2.30. The second-order valence-corrected chi connectivity index (χ2v) is 3.27. The number of hydrogen-bond acceptors (Lipinski definition) is 6. The van der Waals surface area contributed by atoms with Crippen molar-refractivity contribution in [2.75, 3.05) is 6.61 Å². The van der Waals surface area contributed by atoms with Crippen LogP contribution < -0.4 is 0 Å².